The van der Waals surface area contributed by atoms with E-state index in [2.05, 4.69) is 36.7 Å². The quantitative estimate of drug-likeness (QED) is 0.754. The van der Waals surface area contributed by atoms with Crippen molar-refractivity contribution in [2.75, 3.05) is 6.54 Å². The van der Waals surface area contributed by atoms with Crippen molar-refractivity contribution in [3.8, 4) is 0 Å². The van der Waals surface area contributed by atoms with Gasteiger partial charge in [-0.25, -0.2) is 0 Å². The zero-order chi connectivity index (χ0) is 11.4. The van der Waals surface area contributed by atoms with Crippen LogP contribution in [-0.4, -0.2) is 6.54 Å². The molecular formula is C14H21NS. The number of thiophene rings is 1. The summed E-state index contributed by atoms with van der Waals surface area (Å²) >= 11 is 1.86. The van der Waals surface area contributed by atoms with E-state index >= 15 is 0 Å². The Morgan fingerprint density at radius 1 is 1.50 bits per heavy atom. The molecule has 1 aliphatic carbocycles. The highest BCUT2D eigenvalue weighted by Gasteiger charge is 2.09. The van der Waals surface area contributed by atoms with Crippen LogP contribution in [0.3, 0.4) is 0 Å². The summed E-state index contributed by atoms with van der Waals surface area (Å²) in [4.78, 5) is 1.49. The molecule has 0 saturated heterocycles. The number of allylic oxidation sites excluding steroid dienone is 1. The zero-order valence-corrected chi connectivity index (χ0v) is 11.1. The molecule has 0 aromatic carbocycles. The van der Waals surface area contributed by atoms with Crippen molar-refractivity contribution >= 4 is 11.3 Å². The van der Waals surface area contributed by atoms with Gasteiger partial charge in [0.25, 0.3) is 0 Å². The van der Waals surface area contributed by atoms with Crippen LogP contribution in [0.2, 0.25) is 0 Å². The standard InChI is InChI=1S/C14H21NS/c1-11-8-10-16-14(11)12(2)15-9-7-13-5-3-4-6-13/h5,8,10,12,15H,3-4,6-7,9H2,1-2H3. The third kappa shape index (κ3) is 2.96. The molecule has 0 spiro atoms. The van der Waals surface area contributed by atoms with Crippen LogP contribution in [0.1, 0.15) is 49.1 Å². The highest BCUT2D eigenvalue weighted by Crippen LogP contribution is 2.24. The molecule has 1 N–H and O–H groups in total. The van der Waals surface area contributed by atoms with Crippen molar-refractivity contribution in [1.29, 1.82) is 0 Å². The van der Waals surface area contributed by atoms with Gasteiger partial charge in [-0.3, -0.25) is 0 Å². The van der Waals surface area contributed by atoms with Gasteiger partial charge < -0.3 is 5.32 Å². The van der Waals surface area contributed by atoms with Crippen molar-refractivity contribution in [3.63, 3.8) is 0 Å². The van der Waals surface area contributed by atoms with Gasteiger partial charge in [0.05, 0.1) is 0 Å². The SMILES string of the molecule is Cc1ccsc1C(C)NCCC1=CCCC1. The molecular weight excluding hydrogens is 214 g/mol. The summed E-state index contributed by atoms with van der Waals surface area (Å²) in [5.41, 5.74) is 3.08. The lowest BCUT2D eigenvalue weighted by Gasteiger charge is -2.13. The largest absolute Gasteiger partial charge is 0.309 e. The normalized spacial score (nSPS) is 17.5. The van der Waals surface area contributed by atoms with Crippen LogP contribution >= 0.6 is 11.3 Å². The summed E-state index contributed by atoms with van der Waals surface area (Å²) in [5, 5.41) is 5.81. The fourth-order valence-electron chi connectivity index (χ4n) is 2.33. The number of hydrogen-bond donors (Lipinski definition) is 1. The van der Waals surface area contributed by atoms with Gasteiger partial charge in [-0.2, -0.15) is 0 Å². The molecule has 0 saturated carbocycles. The maximum atomic E-state index is 3.62. The molecule has 0 fully saturated rings. The van der Waals surface area contributed by atoms with E-state index in [9.17, 15) is 0 Å². The Morgan fingerprint density at radius 2 is 2.38 bits per heavy atom. The Balaban J connectivity index is 1.75. The molecule has 1 aliphatic rings. The fourth-order valence-corrected chi connectivity index (χ4v) is 3.29. The van der Waals surface area contributed by atoms with Gasteiger partial charge >= 0.3 is 0 Å². The second-order valence-corrected chi connectivity index (χ2v) is 5.60. The monoisotopic (exact) mass is 235 g/mol. The number of rotatable bonds is 5. The van der Waals surface area contributed by atoms with Crippen molar-refractivity contribution in [3.05, 3.63) is 33.5 Å². The van der Waals surface area contributed by atoms with Crippen LogP contribution in [0.15, 0.2) is 23.1 Å². The van der Waals surface area contributed by atoms with Crippen LogP contribution in [-0.2, 0) is 0 Å². The van der Waals surface area contributed by atoms with Crippen LogP contribution in [0.5, 0.6) is 0 Å². The van der Waals surface area contributed by atoms with Crippen molar-refractivity contribution in [2.45, 2.75) is 45.6 Å². The average molecular weight is 235 g/mol. The number of nitrogens with one attached hydrogen (secondary N) is 1. The van der Waals surface area contributed by atoms with Gasteiger partial charge in [0, 0.05) is 10.9 Å². The molecule has 1 nitrogen and oxygen atoms in total. The highest BCUT2D eigenvalue weighted by molar-refractivity contribution is 7.10. The van der Waals surface area contributed by atoms with Gasteiger partial charge in [-0.15, -0.1) is 11.3 Å². The first-order valence-corrected chi connectivity index (χ1v) is 7.10. The van der Waals surface area contributed by atoms with E-state index in [1.807, 2.05) is 11.3 Å². The van der Waals surface area contributed by atoms with Crippen LogP contribution in [0.4, 0.5) is 0 Å². The number of aryl methyl sites for hydroxylation is 1. The molecule has 2 heteroatoms. The Bertz CT molecular complexity index is 365. The van der Waals surface area contributed by atoms with E-state index in [0.717, 1.165) is 6.54 Å². The Morgan fingerprint density at radius 3 is 3.00 bits per heavy atom. The molecule has 88 valence electrons. The van der Waals surface area contributed by atoms with Crippen LogP contribution in [0, 0.1) is 6.92 Å². The highest BCUT2D eigenvalue weighted by atomic mass is 32.1. The summed E-state index contributed by atoms with van der Waals surface area (Å²) in [6.45, 7) is 5.58. The third-order valence-corrected chi connectivity index (χ3v) is 4.53. The lowest BCUT2D eigenvalue weighted by atomic mass is 10.1. The van der Waals surface area contributed by atoms with E-state index in [-0.39, 0.29) is 0 Å². The van der Waals surface area contributed by atoms with E-state index < -0.39 is 0 Å². The average Bonchev–Trinajstić information content (AvgIpc) is 2.88. The van der Waals surface area contributed by atoms with Gasteiger partial charge in [-0.1, -0.05) is 11.6 Å². The minimum atomic E-state index is 0.502. The molecule has 0 radical (unpaired) electrons. The Kier molecular flexibility index (Phi) is 4.19. The molecule has 0 bridgehead atoms. The minimum absolute atomic E-state index is 0.502. The van der Waals surface area contributed by atoms with E-state index in [4.69, 9.17) is 0 Å². The lowest BCUT2D eigenvalue weighted by Crippen LogP contribution is -2.19. The second-order valence-electron chi connectivity index (χ2n) is 4.65. The second kappa shape index (κ2) is 5.65. The smallest absolute Gasteiger partial charge is 0.0388 e. The van der Waals surface area contributed by atoms with Gasteiger partial charge in [0.2, 0.25) is 0 Å². The summed E-state index contributed by atoms with van der Waals surface area (Å²) < 4.78 is 0. The molecule has 1 aromatic heterocycles. The fraction of sp³-hybridized carbons (Fsp3) is 0.571. The zero-order valence-electron chi connectivity index (χ0n) is 10.3. The van der Waals surface area contributed by atoms with E-state index in [0.29, 0.717) is 6.04 Å². The van der Waals surface area contributed by atoms with E-state index in [1.165, 1.54) is 36.1 Å². The Hall–Kier alpha value is -0.600. The maximum Gasteiger partial charge on any atom is 0.0388 e. The summed E-state index contributed by atoms with van der Waals surface area (Å²) in [6.07, 6.45) is 7.65. The predicted molar refractivity (Wildman–Crippen MR) is 72.0 cm³/mol. The van der Waals surface area contributed by atoms with Crippen molar-refractivity contribution < 1.29 is 0 Å². The molecule has 0 aliphatic heterocycles. The molecule has 1 unspecified atom stereocenters. The maximum absolute atomic E-state index is 3.62. The first-order valence-electron chi connectivity index (χ1n) is 6.22. The van der Waals surface area contributed by atoms with Crippen molar-refractivity contribution in [2.24, 2.45) is 0 Å². The van der Waals surface area contributed by atoms with Gasteiger partial charge in [0.1, 0.15) is 0 Å². The first-order chi connectivity index (χ1) is 7.77. The van der Waals surface area contributed by atoms with Crippen LogP contribution in [0.25, 0.3) is 0 Å². The third-order valence-electron chi connectivity index (χ3n) is 3.33. The summed E-state index contributed by atoms with van der Waals surface area (Å²) in [6, 6.07) is 2.71. The molecule has 1 aromatic rings. The number of hydrogen-bond acceptors (Lipinski definition) is 2. The molecule has 1 heterocycles. The van der Waals surface area contributed by atoms with Gasteiger partial charge in [-0.05, 0) is 63.1 Å². The predicted octanol–water partition coefficient (Wildman–Crippen LogP) is 4.21. The Labute approximate surface area is 103 Å². The lowest BCUT2D eigenvalue weighted by molar-refractivity contribution is 0.578. The first kappa shape index (κ1) is 11.9. The van der Waals surface area contributed by atoms with Crippen LogP contribution < -0.4 is 5.32 Å². The topological polar surface area (TPSA) is 12.0 Å². The summed E-state index contributed by atoms with van der Waals surface area (Å²) in [7, 11) is 0. The summed E-state index contributed by atoms with van der Waals surface area (Å²) in [5.74, 6) is 0. The molecule has 1 atom stereocenters. The van der Waals surface area contributed by atoms with E-state index in [1.54, 1.807) is 5.57 Å². The minimum Gasteiger partial charge on any atom is -0.309 e. The molecule has 16 heavy (non-hydrogen) atoms. The van der Waals surface area contributed by atoms with Gasteiger partial charge in [0.15, 0.2) is 0 Å². The van der Waals surface area contributed by atoms with Crippen molar-refractivity contribution in [1.82, 2.24) is 5.32 Å². The molecule has 2 rings (SSSR count). The molecule has 0 amide bonds.